The van der Waals surface area contributed by atoms with E-state index in [0.29, 0.717) is 11.5 Å². The molecule has 1 nitrogen and oxygen atoms in total. The molecule has 0 aromatic carbocycles. The molecule has 1 N–H and O–H groups in total. The molecule has 1 atom stereocenters. The molecule has 1 aliphatic rings. The maximum atomic E-state index is 13.3. The van der Waals surface area contributed by atoms with Crippen LogP contribution in [0.25, 0.3) is 0 Å². The Hall–Kier alpha value is -1.57. The van der Waals surface area contributed by atoms with Crippen LogP contribution in [0.3, 0.4) is 0 Å². The molecule has 0 spiro atoms. The first-order valence-electron chi connectivity index (χ1n) is 6.13. The fraction of sp³-hybridized carbons (Fsp3) is 0.375. The average molecular weight is 248 g/mol. The van der Waals surface area contributed by atoms with Gasteiger partial charge in [-0.25, -0.2) is 4.39 Å². The zero-order valence-electron chi connectivity index (χ0n) is 11.4. The van der Waals surface area contributed by atoms with Gasteiger partial charge in [0.2, 0.25) is 0 Å². The Morgan fingerprint density at radius 1 is 1.39 bits per heavy atom. The minimum atomic E-state index is -0.620. The van der Waals surface area contributed by atoms with E-state index >= 15 is 0 Å². The Kier molecular flexibility index (Phi) is 4.71. The summed E-state index contributed by atoms with van der Waals surface area (Å²) in [6, 6.07) is 0. The summed E-state index contributed by atoms with van der Waals surface area (Å²) in [5.41, 5.74) is 3.81. The SMILES string of the molecule is C=C1CC(C)C/C1=C/C(=C)/C(C)=C/C(F)=C(\C)O. The molecule has 18 heavy (non-hydrogen) atoms. The summed E-state index contributed by atoms with van der Waals surface area (Å²) in [4.78, 5) is 0. The summed E-state index contributed by atoms with van der Waals surface area (Å²) in [7, 11) is 0. The molecule has 0 radical (unpaired) electrons. The van der Waals surface area contributed by atoms with Gasteiger partial charge in [0.15, 0.2) is 5.83 Å². The lowest BCUT2D eigenvalue weighted by Gasteiger charge is -2.04. The van der Waals surface area contributed by atoms with Crippen LogP contribution in [0.5, 0.6) is 0 Å². The summed E-state index contributed by atoms with van der Waals surface area (Å²) < 4.78 is 13.3. The molecule has 98 valence electrons. The monoisotopic (exact) mass is 248 g/mol. The van der Waals surface area contributed by atoms with Crippen molar-refractivity contribution in [2.24, 2.45) is 5.92 Å². The molecule has 1 fully saturated rings. The molecule has 0 aromatic rings. The van der Waals surface area contributed by atoms with Gasteiger partial charge in [0, 0.05) is 0 Å². The molecule has 1 saturated carbocycles. The minimum Gasteiger partial charge on any atom is -0.510 e. The maximum Gasteiger partial charge on any atom is 0.160 e. The highest BCUT2D eigenvalue weighted by molar-refractivity contribution is 5.46. The molecular formula is C16H21FO. The van der Waals surface area contributed by atoms with Crippen LogP contribution in [0.1, 0.15) is 33.6 Å². The van der Waals surface area contributed by atoms with Gasteiger partial charge in [0.1, 0.15) is 5.76 Å². The van der Waals surface area contributed by atoms with E-state index in [0.717, 1.165) is 24.0 Å². The van der Waals surface area contributed by atoms with Crippen LogP contribution in [0.2, 0.25) is 0 Å². The van der Waals surface area contributed by atoms with Crippen molar-refractivity contribution in [1.29, 1.82) is 0 Å². The fourth-order valence-corrected chi connectivity index (χ4v) is 2.02. The third kappa shape index (κ3) is 3.73. The van der Waals surface area contributed by atoms with E-state index in [4.69, 9.17) is 5.11 Å². The van der Waals surface area contributed by atoms with Gasteiger partial charge in [-0.05, 0) is 55.4 Å². The fourth-order valence-electron chi connectivity index (χ4n) is 2.02. The minimum absolute atomic E-state index is 0.311. The van der Waals surface area contributed by atoms with E-state index in [9.17, 15) is 4.39 Å². The number of allylic oxidation sites excluding steroid dienone is 8. The van der Waals surface area contributed by atoms with Gasteiger partial charge in [-0.1, -0.05) is 31.7 Å². The Balaban J connectivity index is 2.87. The summed E-state index contributed by atoms with van der Waals surface area (Å²) in [5.74, 6) is -0.309. The van der Waals surface area contributed by atoms with Gasteiger partial charge >= 0.3 is 0 Å². The maximum absolute atomic E-state index is 13.3. The van der Waals surface area contributed by atoms with Crippen LogP contribution in [0, 0.1) is 5.92 Å². The molecule has 1 rings (SSSR count). The first-order valence-corrected chi connectivity index (χ1v) is 6.13. The zero-order chi connectivity index (χ0) is 13.9. The Bertz CT molecular complexity index is 459. The normalized spacial score (nSPS) is 24.4. The van der Waals surface area contributed by atoms with Crippen molar-refractivity contribution in [3.63, 3.8) is 0 Å². The van der Waals surface area contributed by atoms with Gasteiger partial charge in [0.25, 0.3) is 0 Å². The molecule has 0 heterocycles. The standard InChI is InChI=1S/C16H21FO/c1-10-6-13(4)15(7-10)8-11(2)12(3)9-16(17)14(5)18/h8-10,18H,2,4,6-7H2,1,3,5H3/b12-9+,15-8-,16-14-. The van der Waals surface area contributed by atoms with E-state index in [1.807, 2.05) is 6.08 Å². The molecule has 2 heteroatoms. The largest absolute Gasteiger partial charge is 0.510 e. The Morgan fingerprint density at radius 3 is 2.44 bits per heavy atom. The van der Waals surface area contributed by atoms with E-state index in [1.54, 1.807) is 6.92 Å². The van der Waals surface area contributed by atoms with Crippen LogP contribution in [0.15, 0.2) is 59.2 Å². The predicted molar refractivity (Wildman–Crippen MR) is 75.0 cm³/mol. The molecule has 0 bridgehead atoms. The van der Waals surface area contributed by atoms with Gasteiger partial charge in [0.05, 0.1) is 0 Å². The number of halogens is 1. The van der Waals surface area contributed by atoms with Crippen LogP contribution >= 0.6 is 0 Å². The van der Waals surface area contributed by atoms with E-state index in [-0.39, 0.29) is 5.76 Å². The number of hydrogen-bond acceptors (Lipinski definition) is 1. The molecule has 0 aliphatic heterocycles. The van der Waals surface area contributed by atoms with Gasteiger partial charge < -0.3 is 5.11 Å². The second-order valence-electron chi connectivity index (χ2n) is 5.07. The molecule has 0 amide bonds. The summed E-state index contributed by atoms with van der Waals surface area (Å²) >= 11 is 0. The molecule has 1 aliphatic carbocycles. The first kappa shape index (κ1) is 14.5. The molecule has 1 unspecified atom stereocenters. The number of aliphatic hydroxyl groups is 1. The van der Waals surface area contributed by atoms with Crippen molar-refractivity contribution in [1.82, 2.24) is 0 Å². The lowest BCUT2D eigenvalue weighted by molar-refractivity contribution is 0.388. The van der Waals surface area contributed by atoms with Crippen molar-refractivity contribution < 1.29 is 9.50 Å². The third-order valence-electron chi connectivity index (χ3n) is 3.16. The number of rotatable bonds is 3. The summed E-state index contributed by atoms with van der Waals surface area (Å²) in [6.07, 6.45) is 5.29. The van der Waals surface area contributed by atoms with Crippen molar-refractivity contribution in [3.05, 3.63) is 59.2 Å². The van der Waals surface area contributed by atoms with Crippen molar-refractivity contribution >= 4 is 0 Å². The highest BCUT2D eigenvalue weighted by Gasteiger charge is 2.18. The van der Waals surface area contributed by atoms with Gasteiger partial charge in [-0.15, -0.1) is 0 Å². The van der Waals surface area contributed by atoms with Crippen LogP contribution in [-0.2, 0) is 0 Å². The average Bonchev–Trinajstić information content (AvgIpc) is 2.56. The van der Waals surface area contributed by atoms with Gasteiger partial charge in [-0.3, -0.25) is 0 Å². The highest BCUT2D eigenvalue weighted by atomic mass is 19.1. The quantitative estimate of drug-likeness (QED) is 0.540. The van der Waals surface area contributed by atoms with Crippen LogP contribution in [-0.4, -0.2) is 5.11 Å². The van der Waals surface area contributed by atoms with Crippen molar-refractivity contribution in [2.75, 3.05) is 0 Å². The number of hydrogen-bond donors (Lipinski definition) is 1. The predicted octanol–water partition coefficient (Wildman–Crippen LogP) is 5.16. The van der Waals surface area contributed by atoms with E-state index in [2.05, 4.69) is 20.1 Å². The topological polar surface area (TPSA) is 20.2 Å². The van der Waals surface area contributed by atoms with Crippen LogP contribution in [0.4, 0.5) is 4.39 Å². The lowest BCUT2D eigenvalue weighted by Crippen LogP contribution is -1.86. The number of aliphatic hydroxyl groups excluding tert-OH is 1. The first-order chi connectivity index (χ1) is 8.31. The lowest BCUT2D eigenvalue weighted by atomic mass is 10.0. The van der Waals surface area contributed by atoms with Gasteiger partial charge in [-0.2, -0.15) is 0 Å². The molecular weight excluding hydrogens is 227 g/mol. The van der Waals surface area contributed by atoms with E-state index in [1.165, 1.54) is 18.6 Å². The van der Waals surface area contributed by atoms with E-state index < -0.39 is 5.83 Å². The molecule has 0 saturated heterocycles. The zero-order valence-corrected chi connectivity index (χ0v) is 11.4. The third-order valence-corrected chi connectivity index (χ3v) is 3.16. The smallest absolute Gasteiger partial charge is 0.160 e. The highest BCUT2D eigenvalue weighted by Crippen LogP contribution is 2.35. The summed E-state index contributed by atoms with van der Waals surface area (Å²) in [5, 5.41) is 9.01. The second-order valence-corrected chi connectivity index (χ2v) is 5.07. The second kappa shape index (κ2) is 5.85. The van der Waals surface area contributed by atoms with Crippen LogP contribution < -0.4 is 0 Å². The summed E-state index contributed by atoms with van der Waals surface area (Å²) in [6.45, 7) is 13.3. The Morgan fingerprint density at radius 2 is 2.00 bits per heavy atom. The van der Waals surface area contributed by atoms with Crippen molar-refractivity contribution in [3.8, 4) is 0 Å². The Labute approximate surface area is 109 Å². The molecule has 0 aromatic heterocycles. The van der Waals surface area contributed by atoms with Crippen molar-refractivity contribution in [2.45, 2.75) is 33.6 Å².